The van der Waals surface area contributed by atoms with Crippen molar-refractivity contribution in [2.45, 2.75) is 230 Å². The van der Waals surface area contributed by atoms with Gasteiger partial charge in [-0.25, -0.2) is 0 Å². The van der Waals surface area contributed by atoms with E-state index in [9.17, 15) is 55.5 Å². The Hall–Kier alpha value is -2.25. The molecule has 3 aliphatic heterocycles. The second kappa shape index (κ2) is 21.2. The summed E-state index contributed by atoms with van der Waals surface area (Å²) in [6, 6.07) is -1.33. The van der Waals surface area contributed by atoms with Crippen LogP contribution in [0.15, 0.2) is 11.6 Å². The Labute approximate surface area is 428 Å². The first-order chi connectivity index (χ1) is 34.3. The standard InChI is InChI=1S/C53H86N2O18/c1-26-42(71-44-40(65)37(62)29(58)24-68-44)39(64)41(66)45(69-26)72-43-38(63)36(55-35(61)11-9-8-10-20-54)30(23-56)70-46(43)73-47(67)53-19-18-48(2,3)21-28(53)27-12-13-32-49(4)16-15-33(59)50(5,25-57)31(49)14-17-51(32,6)52(27,7)22-34(53)60/h12,25-26,28-34,36-46,56,58-60,62-66H,8-11,13-24,54H2,1-7H3,(H,55,61)/p+1/t26?,28?,29-,30?,31-,32?,33+,34+,36+,37?,38?,39?,40?,41?,42+,43?,44+,45+,46+,49?,50?,51?,52?,53-/m1/s1. The number of nitrogens with one attached hydrogen (secondary N) is 1. The predicted molar refractivity (Wildman–Crippen MR) is 257 cm³/mol. The number of carbonyl (C=O) groups excluding carboxylic acids is 3. The van der Waals surface area contributed by atoms with Gasteiger partial charge >= 0.3 is 5.97 Å². The summed E-state index contributed by atoms with van der Waals surface area (Å²) in [6.45, 7) is 14.1. The molecule has 0 spiro atoms. The van der Waals surface area contributed by atoms with Gasteiger partial charge in [-0.3, -0.25) is 9.59 Å². The van der Waals surface area contributed by atoms with E-state index in [2.05, 4.69) is 51.7 Å². The molecule has 3 saturated heterocycles. The van der Waals surface area contributed by atoms with Crippen LogP contribution in [-0.4, -0.2) is 182 Å². The molecule has 416 valence electrons. The molecule has 20 nitrogen and oxygen atoms in total. The molecule has 1 amide bonds. The molecule has 5 aliphatic carbocycles. The van der Waals surface area contributed by atoms with E-state index in [-0.39, 0.29) is 54.0 Å². The van der Waals surface area contributed by atoms with Crippen LogP contribution in [0.2, 0.25) is 0 Å². The van der Waals surface area contributed by atoms with Crippen molar-refractivity contribution in [1.82, 2.24) is 5.32 Å². The van der Waals surface area contributed by atoms with E-state index in [1.165, 1.54) is 6.92 Å². The smallest absolute Gasteiger partial charge is 0.317 e. The topological polar surface area (TPSA) is 328 Å². The van der Waals surface area contributed by atoms with E-state index in [1.807, 2.05) is 6.92 Å². The number of unbranched alkanes of at least 4 members (excludes halogenated alkanes) is 2. The van der Waals surface area contributed by atoms with Crippen molar-refractivity contribution in [3.05, 3.63) is 11.6 Å². The number of aldehydes is 1. The van der Waals surface area contributed by atoms with Crippen molar-refractivity contribution in [3.63, 3.8) is 0 Å². The molecule has 73 heavy (non-hydrogen) atoms. The molecule has 14 unspecified atom stereocenters. The molecule has 0 aromatic carbocycles. The number of carbonyl (C=O) groups is 3. The number of esters is 1. The Balaban J connectivity index is 1.10. The van der Waals surface area contributed by atoms with Crippen molar-refractivity contribution in [2.75, 3.05) is 19.8 Å². The summed E-state index contributed by atoms with van der Waals surface area (Å²) in [4.78, 5) is 41.7. The number of amides is 1. The summed E-state index contributed by atoms with van der Waals surface area (Å²) in [5, 5.41) is 104. The van der Waals surface area contributed by atoms with Crippen LogP contribution in [0.4, 0.5) is 0 Å². The summed E-state index contributed by atoms with van der Waals surface area (Å²) in [5.74, 6) is -1.69. The van der Waals surface area contributed by atoms with Gasteiger partial charge in [0.25, 0.3) is 0 Å². The van der Waals surface area contributed by atoms with Crippen LogP contribution in [0.5, 0.6) is 0 Å². The van der Waals surface area contributed by atoms with Gasteiger partial charge in [-0.2, -0.15) is 0 Å². The highest BCUT2D eigenvalue weighted by atomic mass is 16.8. The Kier molecular flexibility index (Phi) is 16.5. The molecule has 4 saturated carbocycles. The first kappa shape index (κ1) is 56.9. The number of rotatable bonds is 14. The Morgan fingerprint density at radius 2 is 1.48 bits per heavy atom. The van der Waals surface area contributed by atoms with Crippen LogP contribution in [0.25, 0.3) is 0 Å². The second-order valence-corrected chi connectivity index (χ2v) is 25.0. The molecular weight excluding hydrogens is 953 g/mol. The van der Waals surface area contributed by atoms with Crippen LogP contribution < -0.4 is 11.1 Å². The van der Waals surface area contributed by atoms with Crippen LogP contribution >= 0.6 is 0 Å². The summed E-state index contributed by atoms with van der Waals surface area (Å²) < 4.78 is 36.3. The van der Waals surface area contributed by atoms with Crippen LogP contribution in [-0.2, 0) is 42.8 Å². The molecule has 0 bridgehead atoms. The van der Waals surface area contributed by atoms with E-state index < -0.39 is 139 Å². The molecule has 3 heterocycles. The van der Waals surface area contributed by atoms with Gasteiger partial charge < -0.3 is 90.2 Å². The number of fused-ring (bicyclic) bond motifs is 7. The molecule has 0 aromatic heterocycles. The average molecular weight is 1040 g/mol. The lowest BCUT2D eigenvalue weighted by Crippen LogP contribution is -2.69. The van der Waals surface area contributed by atoms with E-state index in [1.54, 1.807) is 0 Å². The number of allylic oxidation sites excluding steroid dienone is 2. The monoisotopic (exact) mass is 1040 g/mol. The molecular formula is C53H87N2O18+. The number of aliphatic hydroxyl groups excluding tert-OH is 9. The molecule has 20 heteroatoms. The molecule has 8 rings (SSSR count). The maximum atomic E-state index is 15.6. The summed E-state index contributed by atoms with van der Waals surface area (Å²) in [7, 11) is 0. The van der Waals surface area contributed by atoms with E-state index in [0.29, 0.717) is 38.6 Å². The molecule has 24 atom stereocenters. The number of ether oxygens (including phenoxy) is 6. The first-order valence-electron chi connectivity index (χ1n) is 27.0. The van der Waals surface area contributed by atoms with Crippen LogP contribution in [0.1, 0.15) is 132 Å². The number of hydrogen-bond donors (Lipinski definition) is 11. The van der Waals surface area contributed by atoms with E-state index in [0.717, 1.165) is 44.0 Å². The zero-order valence-corrected chi connectivity index (χ0v) is 43.8. The minimum Gasteiger partial charge on any atom is -0.432 e. The lowest BCUT2D eigenvalue weighted by molar-refractivity contribution is -0.370. The van der Waals surface area contributed by atoms with Crippen LogP contribution in [0.3, 0.4) is 0 Å². The van der Waals surface area contributed by atoms with Crippen LogP contribution in [0, 0.1) is 50.2 Å². The third-order valence-corrected chi connectivity index (χ3v) is 20.4. The van der Waals surface area contributed by atoms with Crippen molar-refractivity contribution >= 4 is 18.2 Å². The van der Waals surface area contributed by atoms with Gasteiger partial charge in [-0.05, 0) is 123 Å². The summed E-state index contributed by atoms with van der Waals surface area (Å²) >= 11 is 0. The van der Waals surface area contributed by atoms with Crippen molar-refractivity contribution < 1.29 is 94.5 Å². The maximum absolute atomic E-state index is 15.6. The van der Waals surface area contributed by atoms with Gasteiger partial charge in [0.15, 0.2) is 18.7 Å². The minimum atomic E-state index is -1.93. The fourth-order valence-corrected chi connectivity index (χ4v) is 15.7. The molecule has 0 aromatic rings. The normalized spacial score (nSPS) is 50.5. The Bertz CT molecular complexity index is 2030. The Morgan fingerprint density at radius 3 is 2.16 bits per heavy atom. The number of aliphatic hydroxyl groups is 9. The lowest BCUT2D eigenvalue weighted by atomic mass is 9.33. The maximum Gasteiger partial charge on any atom is 0.317 e. The fourth-order valence-electron chi connectivity index (χ4n) is 15.7. The largest absolute Gasteiger partial charge is 0.432 e. The van der Waals surface area contributed by atoms with Gasteiger partial charge in [0, 0.05) is 6.42 Å². The fraction of sp³-hybridized carbons (Fsp3) is 0.906. The van der Waals surface area contributed by atoms with E-state index in [4.69, 9.17) is 28.4 Å². The quantitative estimate of drug-likeness (QED) is 0.0468. The predicted octanol–water partition coefficient (Wildman–Crippen LogP) is -0.117. The van der Waals surface area contributed by atoms with Gasteiger partial charge in [-0.1, -0.05) is 53.2 Å². The van der Waals surface area contributed by atoms with Crippen molar-refractivity contribution in [2.24, 2.45) is 50.2 Å². The number of hydrogen-bond acceptors (Lipinski definition) is 18. The Morgan fingerprint density at radius 1 is 0.781 bits per heavy atom. The highest BCUT2D eigenvalue weighted by Crippen LogP contribution is 2.76. The number of quaternary nitrogens is 1. The van der Waals surface area contributed by atoms with Gasteiger partial charge in [0.05, 0.1) is 49.5 Å². The zero-order valence-electron chi connectivity index (χ0n) is 43.8. The lowest BCUT2D eigenvalue weighted by Gasteiger charge is -2.71. The molecule has 13 N–H and O–H groups in total. The molecule has 8 aliphatic rings. The summed E-state index contributed by atoms with van der Waals surface area (Å²) in [6.07, 6.45) is -12.5. The third-order valence-electron chi connectivity index (χ3n) is 20.4. The summed E-state index contributed by atoms with van der Waals surface area (Å²) in [5.41, 5.74) is 1.06. The van der Waals surface area contributed by atoms with Gasteiger partial charge in [0.1, 0.15) is 60.5 Å². The van der Waals surface area contributed by atoms with Crippen molar-refractivity contribution in [1.29, 1.82) is 0 Å². The first-order valence-corrected chi connectivity index (χ1v) is 27.0. The third kappa shape index (κ3) is 9.59. The second-order valence-electron chi connectivity index (χ2n) is 25.0. The highest BCUT2D eigenvalue weighted by Gasteiger charge is 2.72. The molecule has 0 radical (unpaired) electrons. The molecule has 7 fully saturated rings. The highest BCUT2D eigenvalue weighted by molar-refractivity contribution is 5.80. The SMILES string of the molecule is CC1O[C@@H](OC2C(O)[C@@H](NC(=O)CCCCC[NH3+])C(CO)O[C@H]2OC(=O)[C@]23CCC(C)(C)CC2C2=CCC4C5(C)CC[C@H](O)C(C)(C=O)[C@@H]5CCC4(C)C2(C)C[C@@H]3O)C(O)C(O)[C@H]1O[C@@H]1OC[C@@H](O)C(O)C1O. The average Bonchev–Trinajstić information content (AvgIpc) is 3.33. The minimum absolute atomic E-state index is 0.0355. The van der Waals surface area contributed by atoms with Gasteiger partial charge in [-0.15, -0.1) is 0 Å². The van der Waals surface area contributed by atoms with Crippen molar-refractivity contribution in [3.8, 4) is 0 Å². The van der Waals surface area contributed by atoms with Gasteiger partial charge in [0.2, 0.25) is 12.2 Å². The van der Waals surface area contributed by atoms with E-state index >= 15 is 4.79 Å². The zero-order chi connectivity index (χ0) is 53.4.